The number of para-hydroxylation sites is 1. The van der Waals surface area contributed by atoms with Crippen LogP contribution in [0.2, 0.25) is 0 Å². The molecular weight excluding hydrogens is 398 g/mol. The maximum atomic E-state index is 10.5. The Hall–Kier alpha value is -2.64. The highest BCUT2D eigenvalue weighted by atomic mass is 16.5. The Balaban J connectivity index is 1.50. The van der Waals surface area contributed by atoms with Crippen molar-refractivity contribution in [3.05, 3.63) is 42.0 Å². The molecule has 1 atom stereocenters. The van der Waals surface area contributed by atoms with Gasteiger partial charge in [-0.1, -0.05) is 18.2 Å². The van der Waals surface area contributed by atoms with E-state index in [1.54, 1.807) is 40.6 Å². The van der Waals surface area contributed by atoms with Gasteiger partial charge in [0.2, 0.25) is 5.75 Å². The first kappa shape index (κ1) is 23.0. The van der Waals surface area contributed by atoms with E-state index in [1.165, 1.54) is 5.56 Å². The van der Waals surface area contributed by atoms with Crippen LogP contribution < -0.4 is 23.7 Å². The first-order valence-electron chi connectivity index (χ1n) is 10.6. The highest BCUT2D eigenvalue weighted by molar-refractivity contribution is 5.55. The SMILES string of the molecule is COc1ccccc1C1CCN(C[C@H](O)COc2cc(OC)c(OC)c(OC)c2)CC1. The van der Waals surface area contributed by atoms with E-state index >= 15 is 0 Å². The normalized spacial score (nSPS) is 15.9. The molecule has 2 aromatic carbocycles. The smallest absolute Gasteiger partial charge is 0.203 e. The van der Waals surface area contributed by atoms with Gasteiger partial charge in [0.25, 0.3) is 0 Å². The van der Waals surface area contributed by atoms with Gasteiger partial charge in [-0.05, 0) is 43.5 Å². The zero-order valence-corrected chi connectivity index (χ0v) is 18.8. The maximum absolute atomic E-state index is 10.5. The highest BCUT2D eigenvalue weighted by Crippen LogP contribution is 2.40. The molecule has 1 fully saturated rings. The van der Waals surface area contributed by atoms with Crippen molar-refractivity contribution in [3.8, 4) is 28.7 Å². The summed E-state index contributed by atoms with van der Waals surface area (Å²) < 4.78 is 27.3. The standard InChI is InChI=1S/C24H33NO6/c1-27-21-8-6-5-7-20(21)17-9-11-25(12-10-17)15-18(26)16-31-19-13-22(28-2)24(30-4)23(14-19)29-3/h5-8,13-14,17-18,26H,9-12,15-16H2,1-4H3/t18-/m0/s1. The zero-order chi connectivity index (χ0) is 22.2. The van der Waals surface area contributed by atoms with Crippen molar-refractivity contribution in [2.24, 2.45) is 0 Å². The van der Waals surface area contributed by atoms with Gasteiger partial charge in [-0.25, -0.2) is 0 Å². The van der Waals surface area contributed by atoms with E-state index in [2.05, 4.69) is 17.0 Å². The Kier molecular flexibility index (Phi) is 8.26. The molecule has 0 amide bonds. The summed E-state index contributed by atoms with van der Waals surface area (Å²) in [5.41, 5.74) is 1.27. The largest absolute Gasteiger partial charge is 0.496 e. The van der Waals surface area contributed by atoms with Gasteiger partial charge in [0, 0.05) is 18.7 Å². The summed E-state index contributed by atoms with van der Waals surface area (Å²) in [7, 11) is 6.40. The molecule has 2 aromatic rings. The molecule has 0 radical (unpaired) electrons. The minimum atomic E-state index is -0.595. The molecule has 7 heteroatoms. The Morgan fingerprint density at radius 1 is 0.903 bits per heavy atom. The average molecular weight is 432 g/mol. The van der Waals surface area contributed by atoms with Crippen LogP contribution in [0.25, 0.3) is 0 Å². The molecule has 0 unspecified atom stereocenters. The van der Waals surface area contributed by atoms with Crippen LogP contribution in [0.1, 0.15) is 24.3 Å². The fraction of sp³-hybridized carbons (Fsp3) is 0.500. The fourth-order valence-corrected chi connectivity index (χ4v) is 4.11. The molecule has 31 heavy (non-hydrogen) atoms. The van der Waals surface area contributed by atoms with Crippen LogP contribution in [0.15, 0.2) is 36.4 Å². The number of aliphatic hydroxyl groups excluding tert-OH is 1. The van der Waals surface area contributed by atoms with Crippen molar-refractivity contribution in [3.63, 3.8) is 0 Å². The molecule has 0 spiro atoms. The van der Waals surface area contributed by atoms with Gasteiger partial charge in [0.1, 0.15) is 24.2 Å². The molecule has 1 aliphatic heterocycles. The number of methoxy groups -OCH3 is 4. The number of hydrogen-bond donors (Lipinski definition) is 1. The quantitative estimate of drug-likeness (QED) is 0.619. The summed E-state index contributed by atoms with van der Waals surface area (Å²) in [6.07, 6.45) is 1.49. The number of aliphatic hydroxyl groups is 1. The van der Waals surface area contributed by atoms with Crippen LogP contribution in [-0.4, -0.2) is 70.8 Å². The van der Waals surface area contributed by atoms with E-state index in [-0.39, 0.29) is 6.61 Å². The highest BCUT2D eigenvalue weighted by Gasteiger charge is 2.24. The number of rotatable bonds is 10. The number of piperidine rings is 1. The van der Waals surface area contributed by atoms with E-state index in [0.717, 1.165) is 31.7 Å². The molecule has 0 aliphatic carbocycles. The Morgan fingerprint density at radius 2 is 1.52 bits per heavy atom. The predicted molar refractivity (Wildman–Crippen MR) is 119 cm³/mol. The lowest BCUT2D eigenvalue weighted by Gasteiger charge is -2.33. The third-order valence-corrected chi connectivity index (χ3v) is 5.72. The van der Waals surface area contributed by atoms with Crippen molar-refractivity contribution < 1.29 is 28.8 Å². The predicted octanol–water partition coefficient (Wildman–Crippen LogP) is 3.34. The zero-order valence-electron chi connectivity index (χ0n) is 18.8. The van der Waals surface area contributed by atoms with Crippen molar-refractivity contribution in [1.82, 2.24) is 4.90 Å². The van der Waals surface area contributed by atoms with E-state index in [4.69, 9.17) is 23.7 Å². The summed E-state index contributed by atoms with van der Waals surface area (Å²) >= 11 is 0. The van der Waals surface area contributed by atoms with Crippen LogP contribution >= 0.6 is 0 Å². The van der Waals surface area contributed by atoms with Gasteiger partial charge in [-0.3, -0.25) is 0 Å². The molecule has 0 aromatic heterocycles. The van der Waals surface area contributed by atoms with Gasteiger partial charge < -0.3 is 33.7 Å². The molecule has 0 saturated carbocycles. The minimum absolute atomic E-state index is 0.186. The van der Waals surface area contributed by atoms with E-state index in [1.807, 2.05) is 12.1 Å². The van der Waals surface area contributed by atoms with Crippen molar-refractivity contribution in [2.75, 3.05) is 54.7 Å². The summed E-state index contributed by atoms with van der Waals surface area (Å²) in [6.45, 7) is 2.63. The van der Waals surface area contributed by atoms with Crippen LogP contribution in [0.3, 0.4) is 0 Å². The first-order valence-corrected chi connectivity index (χ1v) is 10.6. The number of β-amino-alcohol motifs (C(OH)–C–C–N with tert-alkyl or cyclic N) is 1. The lowest BCUT2D eigenvalue weighted by atomic mass is 9.88. The average Bonchev–Trinajstić information content (AvgIpc) is 2.82. The maximum Gasteiger partial charge on any atom is 0.203 e. The number of likely N-dealkylation sites (tertiary alicyclic amines) is 1. The summed E-state index contributed by atoms with van der Waals surface area (Å²) in [5, 5.41) is 10.5. The monoisotopic (exact) mass is 431 g/mol. The summed E-state index contributed by atoms with van der Waals surface area (Å²) in [6, 6.07) is 11.7. The van der Waals surface area contributed by atoms with Crippen LogP contribution in [0.5, 0.6) is 28.7 Å². The van der Waals surface area contributed by atoms with Crippen LogP contribution in [-0.2, 0) is 0 Å². The van der Waals surface area contributed by atoms with Crippen molar-refractivity contribution >= 4 is 0 Å². The number of ether oxygens (including phenoxy) is 5. The lowest BCUT2D eigenvalue weighted by Crippen LogP contribution is -2.40. The van der Waals surface area contributed by atoms with E-state index < -0.39 is 6.10 Å². The Bertz CT molecular complexity index is 810. The van der Waals surface area contributed by atoms with Crippen molar-refractivity contribution in [2.45, 2.75) is 24.9 Å². The van der Waals surface area contributed by atoms with E-state index in [9.17, 15) is 5.11 Å². The minimum Gasteiger partial charge on any atom is -0.496 e. The third kappa shape index (κ3) is 5.74. The van der Waals surface area contributed by atoms with Crippen LogP contribution in [0, 0.1) is 0 Å². The molecule has 1 N–H and O–H groups in total. The van der Waals surface area contributed by atoms with Crippen molar-refractivity contribution in [1.29, 1.82) is 0 Å². The molecule has 3 rings (SSSR count). The number of nitrogens with zero attached hydrogens (tertiary/aromatic N) is 1. The molecule has 7 nitrogen and oxygen atoms in total. The Morgan fingerprint density at radius 3 is 2.10 bits per heavy atom. The van der Waals surface area contributed by atoms with Gasteiger partial charge in [0.15, 0.2) is 11.5 Å². The second kappa shape index (κ2) is 11.1. The Labute approximate surface area is 184 Å². The summed E-state index contributed by atoms with van der Waals surface area (Å²) in [5.74, 6) is 3.55. The molecule has 170 valence electrons. The number of hydrogen-bond acceptors (Lipinski definition) is 7. The molecule has 0 bridgehead atoms. The second-order valence-corrected chi connectivity index (χ2v) is 7.64. The fourth-order valence-electron chi connectivity index (χ4n) is 4.11. The van der Waals surface area contributed by atoms with Gasteiger partial charge >= 0.3 is 0 Å². The molecular formula is C24H33NO6. The van der Waals surface area contributed by atoms with E-state index in [0.29, 0.717) is 35.5 Å². The third-order valence-electron chi connectivity index (χ3n) is 5.72. The first-order chi connectivity index (χ1) is 15.1. The molecule has 1 aliphatic rings. The molecule has 1 heterocycles. The molecule has 1 saturated heterocycles. The second-order valence-electron chi connectivity index (χ2n) is 7.64. The van der Waals surface area contributed by atoms with Gasteiger partial charge in [-0.2, -0.15) is 0 Å². The van der Waals surface area contributed by atoms with Gasteiger partial charge in [-0.15, -0.1) is 0 Å². The lowest BCUT2D eigenvalue weighted by molar-refractivity contribution is 0.0591. The summed E-state index contributed by atoms with van der Waals surface area (Å²) in [4.78, 5) is 2.29. The number of benzene rings is 2. The van der Waals surface area contributed by atoms with Gasteiger partial charge in [0.05, 0.1) is 28.4 Å². The topological polar surface area (TPSA) is 69.6 Å². The van der Waals surface area contributed by atoms with Crippen LogP contribution in [0.4, 0.5) is 0 Å².